The molecule has 1 aromatic carbocycles. The topological polar surface area (TPSA) is 25.4 Å². The number of nitrogens with zero attached hydrogens (tertiary/aromatic N) is 2. The standard InChI is InChI=1S/C17H22BrClN2OS/c1-11(2)9-15-16(20-17(18)23-15)12-5-6-14(13(19)10-12)22-8-7-21(3)4/h5-6,10-11H,7-9H2,1-4H3. The van der Waals surface area contributed by atoms with Crippen molar-refractivity contribution >= 4 is 38.9 Å². The Morgan fingerprint density at radius 3 is 2.70 bits per heavy atom. The fourth-order valence-corrected chi connectivity index (χ4v) is 4.18. The lowest BCUT2D eigenvalue weighted by Crippen LogP contribution is -2.19. The number of likely N-dealkylation sites (N-methyl/N-ethyl adjacent to an activating group) is 1. The molecule has 0 aliphatic carbocycles. The summed E-state index contributed by atoms with van der Waals surface area (Å²) in [7, 11) is 4.04. The van der Waals surface area contributed by atoms with Crippen LogP contribution in [0.1, 0.15) is 18.7 Å². The van der Waals surface area contributed by atoms with Crippen molar-refractivity contribution in [3.8, 4) is 17.0 Å². The summed E-state index contributed by atoms with van der Waals surface area (Å²) in [5, 5.41) is 0.626. The first-order chi connectivity index (χ1) is 10.9. The highest BCUT2D eigenvalue weighted by atomic mass is 79.9. The molecule has 0 saturated carbocycles. The lowest BCUT2D eigenvalue weighted by Gasteiger charge is -2.13. The van der Waals surface area contributed by atoms with Crippen molar-refractivity contribution in [1.82, 2.24) is 9.88 Å². The molecular formula is C17H22BrClN2OS. The Morgan fingerprint density at radius 1 is 1.35 bits per heavy atom. The molecule has 23 heavy (non-hydrogen) atoms. The number of halogens is 2. The fourth-order valence-electron chi connectivity index (χ4n) is 2.16. The van der Waals surface area contributed by atoms with Gasteiger partial charge in [0.25, 0.3) is 0 Å². The highest BCUT2D eigenvalue weighted by Crippen LogP contribution is 2.36. The Balaban J connectivity index is 2.20. The van der Waals surface area contributed by atoms with Gasteiger partial charge in [-0.05, 0) is 60.6 Å². The van der Waals surface area contributed by atoms with Crippen molar-refractivity contribution in [2.45, 2.75) is 20.3 Å². The van der Waals surface area contributed by atoms with Gasteiger partial charge in [0.2, 0.25) is 0 Å². The average Bonchev–Trinajstić information content (AvgIpc) is 2.80. The van der Waals surface area contributed by atoms with E-state index in [-0.39, 0.29) is 0 Å². The van der Waals surface area contributed by atoms with Crippen LogP contribution in [0.25, 0.3) is 11.3 Å². The van der Waals surface area contributed by atoms with Crippen LogP contribution in [0.5, 0.6) is 5.75 Å². The van der Waals surface area contributed by atoms with Gasteiger partial charge in [0, 0.05) is 17.0 Å². The highest BCUT2D eigenvalue weighted by molar-refractivity contribution is 9.11. The lowest BCUT2D eigenvalue weighted by molar-refractivity contribution is 0.261. The van der Waals surface area contributed by atoms with Crippen LogP contribution >= 0.6 is 38.9 Å². The minimum absolute atomic E-state index is 0.588. The molecule has 0 saturated heterocycles. The first-order valence-corrected chi connectivity index (χ1v) is 9.58. The first-order valence-electron chi connectivity index (χ1n) is 7.59. The monoisotopic (exact) mass is 416 g/mol. The van der Waals surface area contributed by atoms with Gasteiger partial charge in [0.05, 0.1) is 10.7 Å². The summed E-state index contributed by atoms with van der Waals surface area (Å²) in [6, 6.07) is 5.90. The SMILES string of the molecule is CC(C)Cc1sc(Br)nc1-c1ccc(OCCN(C)C)c(Cl)c1. The number of benzene rings is 1. The summed E-state index contributed by atoms with van der Waals surface area (Å²) in [6.07, 6.45) is 1.01. The lowest BCUT2D eigenvalue weighted by atomic mass is 10.0. The molecule has 0 N–H and O–H groups in total. The van der Waals surface area contributed by atoms with Crippen LogP contribution in [0.2, 0.25) is 5.02 Å². The Labute approximate surface area is 155 Å². The van der Waals surface area contributed by atoms with Crippen molar-refractivity contribution in [2.75, 3.05) is 27.2 Å². The zero-order valence-corrected chi connectivity index (χ0v) is 17.1. The molecule has 6 heteroatoms. The van der Waals surface area contributed by atoms with Gasteiger partial charge in [0.1, 0.15) is 12.4 Å². The zero-order chi connectivity index (χ0) is 17.0. The number of thiazole rings is 1. The van der Waals surface area contributed by atoms with Crippen LogP contribution in [0.4, 0.5) is 0 Å². The minimum atomic E-state index is 0.588. The van der Waals surface area contributed by atoms with Crippen LogP contribution < -0.4 is 4.74 Å². The molecule has 2 rings (SSSR count). The molecule has 1 heterocycles. The summed E-state index contributed by atoms with van der Waals surface area (Å²) in [6.45, 7) is 5.90. The molecule has 2 aromatic rings. The molecule has 0 aliphatic heterocycles. The third kappa shape index (κ3) is 5.45. The molecule has 1 aromatic heterocycles. The van der Waals surface area contributed by atoms with Gasteiger partial charge in [-0.25, -0.2) is 4.98 Å². The van der Waals surface area contributed by atoms with E-state index in [1.807, 2.05) is 32.3 Å². The smallest absolute Gasteiger partial charge is 0.160 e. The minimum Gasteiger partial charge on any atom is -0.491 e. The second kappa shape index (κ2) is 8.47. The van der Waals surface area contributed by atoms with E-state index in [2.05, 4.69) is 39.7 Å². The maximum atomic E-state index is 6.38. The maximum Gasteiger partial charge on any atom is 0.160 e. The maximum absolute atomic E-state index is 6.38. The van der Waals surface area contributed by atoms with Crippen molar-refractivity contribution in [2.24, 2.45) is 5.92 Å². The van der Waals surface area contributed by atoms with Gasteiger partial charge in [-0.3, -0.25) is 0 Å². The van der Waals surface area contributed by atoms with Gasteiger partial charge >= 0.3 is 0 Å². The Bertz CT molecular complexity index is 658. The number of rotatable bonds is 7. The summed E-state index contributed by atoms with van der Waals surface area (Å²) in [4.78, 5) is 7.98. The quantitative estimate of drug-likeness (QED) is 0.606. The Hall–Kier alpha value is -0.620. The first kappa shape index (κ1) is 18.7. The third-order valence-electron chi connectivity index (χ3n) is 3.27. The molecule has 0 unspecified atom stereocenters. The second-order valence-electron chi connectivity index (χ2n) is 6.13. The van der Waals surface area contributed by atoms with E-state index < -0.39 is 0 Å². The van der Waals surface area contributed by atoms with Gasteiger partial charge in [-0.15, -0.1) is 11.3 Å². The molecular weight excluding hydrogens is 396 g/mol. The van der Waals surface area contributed by atoms with E-state index in [4.69, 9.17) is 16.3 Å². The van der Waals surface area contributed by atoms with E-state index in [1.165, 1.54) is 4.88 Å². The van der Waals surface area contributed by atoms with Crippen molar-refractivity contribution in [3.05, 3.63) is 32.0 Å². The molecule has 0 amide bonds. The molecule has 0 bridgehead atoms. The summed E-state index contributed by atoms with van der Waals surface area (Å²) in [5.74, 6) is 1.31. The van der Waals surface area contributed by atoms with Crippen LogP contribution in [0.15, 0.2) is 22.1 Å². The van der Waals surface area contributed by atoms with Crippen LogP contribution in [0, 0.1) is 5.92 Å². The highest BCUT2D eigenvalue weighted by Gasteiger charge is 2.15. The Kier molecular flexibility index (Phi) is 6.89. The van der Waals surface area contributed by atoms with Crippen LogP contribution in [-0.4, -0.2) is 37.1 Å². The largest absolute Gasteiger partial charge is 0.491 e. The Morgan fingerprint density at radius 2 is 2.09 bits per heavy atom. The van der Waals surface area contributed by atoms with E-state index in [1.54, 1.807) is 11.3 Å². The average molecular weight is 418 g/mol. The van der Waals surface area contributed by atoms with E-state index in [0.717, 1.165) is 33.9 Å². The van der Waals surface area contributed by atoms with Gasteiger partial charge in [-0.1, -0.05) is 25.4 Å². The molecule has 0 spiro atoms. The third-order valence-corrected chi connectivity index (χ3v) is 5.09. The zero-order valence-electron chi connectivity index (χ0n) is 13.9. The van der Waals surface area contributed by atoms with Crippen LogP contribution in [-0.2, 0) is 6.42 Å². The van der Waals surface area contributed by atoms with Gasteiger partial charge in [-0.2, -0.15) is 0 Å². The predicted molar refractivity (Wildman–Crippen MR) is 103 cm³/mol. The molecule has 3 nitrogen and oxygen atoms in total. The van der Waals surface area contributed by atoms with E-state index in [0.29, 0.717) is 17.5 Å². The summed E-state index contributed by atoms with van der Waals surface area (Å²) >= 11 is 11.6. The number of hydrogen-bond donors (Lipinski definition) is 0. The van der Waals surface area contributed by atoms with Gasteiger partial charge < -0.3 is 9.64 Å². The summed E-state index contributed by atoms with van der Waals surface area (Å²) < 4.78 is 6.65. The molecule has 126 valence electrons. The molecule has 0 atom stereocenters. The molecule has 0 fully saturated rings. The van der Waals surface area contributed by atoms with E-state index in [9.17, 15) is 0 Å². The van der Waals surface area contributed by atoms with Gasteiger partial charge in [0.15, 0.2) is 3.92 Å². The number of ether oxygens (including phenoxy) is 1. The van der Waals surface area contributed by atoms with Crippen molar-refractivity contribution in [1.29, 1.82) is 0 Å². The second-order valence-corrected chi connectivity index (χ2v) is 8.90. The molecule has 0 radical (unpaired) electrons. The number of hydrogen-bond acceptors (Lipinski definition) is 4. The van der Waals surface area contributed by atoms with Crippen molar-refractivity contribution < 1.29 is 4.74 Å². The fraction of sp³-hybridized carbons (Fsp3) is 0.471. The normalized spacial score (nSPS) is 11.5. The van der Waals surface area contributed by atoms with Crippen molar-refractivity contribution in [3.63, 3.8) is 0 Å². The summed E-state index contributed by atoms with van der Waals surface area (Å²) in [5.41, 5.74) is 2.05. The van der Waals surface area contributed by atoms with E-state index >= 15 is 0 Å². The predicted octanol–water partition coefficient (Wildman–Crippen LogP) is 5.36. The van der Waals surface area contributed by atoms with Crippen LogP contribution in [0.3, 0.4) is 0 Å². The molecule has 0 aliphatic rings. The number of aromatic nitrogens is 1.